The van der Waals surface area contributed by atoms with E-state index in [1.54, 1.807) is 29.9 Å². The zero-order valence-corrected chi connectivity index (χ0v) is 6.39. The third-order valence-electron chi connectivity index (χ3n) is 1.20. The van der Waals surface area contributed by atoms with Gasteiger partial charge in [-0.05, 0) is 12.1 Å². The fourth-order valence-electron chi connectivity index (χ4n) is 0.717. The molecule has 3 nitrogen and oxygen atoms in total. The van der Waals surface area contributed by atoms with E-state index in [-0.39, 0.29) is 18.3 Å². The summed E-state index contributed by atoms with van der Waals surface area (Å²) in [5.41, 5.74) is 5.54. The van der Waals surface area contributed by atoms with Gasteiger partial charge in [0.2, 0.25) is 0 Å². The Morgan fingerprint density at radius 3 is 2.50 bits per heavy atom. The van der Waals surface area contributed by atoms with Crippen LogP contribution in [0, 0.1) is 0 Å². The molecule has 1 aromatic rings. The number of amides is 1. The van der Waals surface area contributed by atoms with E-state index in [1.807, 2.05) is 0 Å². The van der Waals surface area contributed by atoms with E-state index >= 15 is 0 Å². The van der Waals surface area contributed by atoms with E-state index in [0.717, 1.165) is 0 Å². The summed E-state index contributed by atoms with van der Waals surface area (Å²) in [6.07, 6.45) is 1.78. The van der Waals surface area contributed by atoms with Crippen LogP contribution in [0.1, 0.15) is 10.5 Å². The molecule has 1 aromatic heterocycles. The van der Waals surface area contributed by atoms with E-state index in [0.29, 0.717) is 5.69 Å². The first-order chi connectivity index (χ1) is 4.22. The van der Waals surface area contributed by atoms with Gasteiger partial charge < -0.3 is 10.3 Å². The van der Waals surface area contributed by atoms with Crippen LogP contribution in [0.15, 0.2) is 18.3 Å². The summed E-state index contributed by atoms with van der Waals surface area (Å²) in [6, 6.07) is 3.46. The topological polar surface area (TPSA) is 48.0 Å². The maximum Gasteiger partial charge on any atom is 0.265 e. The SMILES string of the molecule is Cl.Cn1cccc1C(N)=O. The Bertz CT molecular complexity index is 231. The molecule has 0 unspecified atom stereocenters. The maximum atomic E-state index is 10.5. The predicted octanol–water partition coefficient (Wildman–Crippen LogP) is 0.546. The lowest BCUT2D eigenvalue weighted by Crippen LogP contribution is -2.14. The molecule has 0 aliphatic carbocycles. The summed E-state index contributed by atoms with van der Waals surface area (Å²) in [5, 5.41) is 0. The van der Waals surface area contributed by atoms with Crippen LogP contribution in [0.3, 0.4) is 0 Å². The Labute approximate surface area is 65.2 Å². The van der Waals surface area contributed by atoms with Gasteiger partial charge in [0.05, 0.1) is 0 Å². The van der Waals surface area contributed by atoms with Gasteiger partial charge in [-0.1, -0.05) is 0 Å². The molecule has 0 aromatic carbocycles. The number of halogens is 1. The molecule has 0 aliphatic heterocycles. The van der Waals surface area contributed by atoms with Crippen molar-refractivity contribution in [2.45, 2.75) is 0 Å². The Kier molecular flexibility index (Phi) is 2.96. The van der Waals surface area contributed by atoms with Crippen LogP contribution in [-0.4, -0.2) is 10.5 Å². The summed E-state index contributed by atoms with van der Waals surface area (Å²) in [4.78, 5) is 10.5. The largest absolute Gasteiger partial charge is 0.364 e. The third kappa shape index (κ3) is 1.51. The molecule has 0 radical (unpaired) electrons. The molecule has 4 heteroatoms. The lowest BCUT2D eigenvalue weighted by Gasteiger charge is -1.94. The second kappa shape index (κ2) is 3.27. The van der Waals surface area contributed by atoms with Crippen molar-refractivity contribution in [2.75, 3.05) is 0 Å². The number of nitrogens with two attached hydrogens (primary N) is 1. The molecule has 0 saturated carbocycles. The molecule has 10 heavy (non-hydrogen) atoms. The molecular weight excluding hydrogens is 152 g/mol. The number of nitrogens with zero attached hydrogens (tertiary/aromatic N) is 1. The third-order valence-corrected chi connectivity index (χ3v) is 1.20. The normalized spacial score (nSPS) is 8.50. The van der Waals surface area contributed by atoms with Gasteiger partial charge in [0.1, 0.15) is 5.69 Å². The number of hydrogen-bond acceptors (Lipinski definition) is 1. The predicted molar refractivity (Wildman–Crippen MR) is 41.2 cm³/mol. The van der Waals surface area contributed by atoms with Crippen LogP contribution in [0.2, 0.25) is 0 Å². The van der Waals surface area contributed by atoms with Crippen molar-refractivity contribution in [1.82, 2.24) is 4.57 Å². The second-order valence-corrected chi connectivity index (χ2v) is 1.87. The molecule has 1 amide bonds. The van der Waals surface area contributed by atoms with Crippen LogP contribution >= 0.6 is 12.4 Å². The van der Waals surface area contributed by atoms with Gasteiger partial charge in [-0.25, -0.2) is 0 Å². The van der Waals surface area contributed by atoms with Gasteiger partial charge in [-0.2, -0.15) is 0 Å². The van der Waals surface area contributed by atoms with E-state index in [2.05, 4.69) is 0 Å². The molecule has 56 valence electrons. The Balaban J connectivity index is 0.000000810. The molecule has 0 atom stereocenters. The van der Waals surface area contributed by atoms with Crippen LogP contribution in [0.25, 0.3) is 0 Å². The number of aromatic nitrogens is 1. The summed E-state index contributed by atoms with van der Waals surface area (Å²) in [7, 11) is 1.78. The Morgan fingerprint density at radius 1 is 1.70 bits per heavy atom. The van der Waals surface area contributed by atoms with Crippen LogP contribution in [-0.2, 0) is 7.05 Å². The van der Waals surface area contributed by atoms with Gasteiger partial charge >= 0.3 is 0 Å². The van der Waals surface area contributed by atoms with Gasteiger partial charge in [-0.15, -0.1) is 12.4 Å². The van der Waals surface area contributed by atoms with Crippen LogP contribution in [0.4, 0.5) is 0 Å². The molecule has 0 spiro atoms. The standard InChI is InChI=1S/C6H8N2O.ClH/c1-8-4-2-3-5(8)6(7)9;/h2-4H,1H3,(H2,7,9);1H. The number of rotatable bonds is 1. The highest BCUT2D eigenvalue weighted by atomic mass is 35.5. The van der Waals surface area contributed by atoms with E-state index < -0.39 is 0 Å². The molecule has 0 aliphatic rings. The highest BCUT2D eigenvalue weighted by Gasteiger charge is 2.00. The minimum Gasteiger partial charge on any atom is -0.364 e. The van der Waals surface area contributed by atoms with Gasteiger partial charge in [0, 0.05) is 13.2 Å². The van der Waals surface area contributed by atoms with Gasteiger partial charge in [0.15, 0.2) is 0 Å². The van der Waals surface area contributed by atoms with Crippen molar-refractivity contribution in [1.29, 1.82) is 0 Å². The second-order valence-electron chi connectivity index (χ2n) is 1.87. The number of hydrogen-bond donors (Lipinski definition) is 1. The monoisotopic (exact) mass is 160 g/mol. The summed E-state index contributed by atoms with van der Waals surface area (Å²) < 4.78 is 1.68. The van der Waals surface area contributed by atoms with Gasteiger partial charge in [0.25, 0.3) is 5.91 Å². The maximum absolute atomic E-state index is 10.5. The van der Waals surface area contributed by atoms with Crippen molar-refractivity contribution in [3.8, 4) is 0 Å². The van der Waals surface area contributed by atoms with E-state index in [9.17, 15) is 4.79 Å². The smallest absolute Gasteiger partial charge is 0.265 e. The number of aryl methyl sites for hydroxylation is 1. The first-order valence-electron chi connectivity index (χ1n) is 2.63. The minimum absolute atomic E-state index is 0. The van der Waals surface area contributed by atoms with Crippen molar-refractivity contribution in [3.05, 3.63) is 24.0 Å². The summed E-state index contributed by atoms with van der Waals surface area (Å²) in [6.45, 7) is 0. The number of primary amides is 1. The van der Waals surface area contributed by atoms with Crippen molar-refractivity contribution >= 4 is 18.3 Å². The molecular formula is C6H9ClN2O. The first kappa shape index (κ1) is 9.04. The van der Waals surface area contributed by atoms with Crippen molar-refractivity contribution in [3.63, 3.8) is 0 Å². The average Bonchev–Trinajstić information content (AvgIpc) is 2.13. The molecule has 1 rings (SSSR count). The molecule has 0 fully saturated rings. The number of carbonyl (C=O) groups excluding carboxylic acids is 1. The summed E-state index contributed by atoms with van der Waals surface area (Å²) >= 11 is 0. The zero-order valence-electron chi connectivity index (χ0n) is 5.57. The molecule has 0 bridgehead atoms. The fraction of sp³-hybridized carbons (Fsp3) is 0.167. The summed E-state index contributed by atoms with van der Waals surface area (Å²) in [5.74, 6) is -0.387. The van der Waals surface area contributed by atoms with Crippen molar-refractivity contribution < 1.29 is 4.79 Å². The van der Waals surface area contributed by atoms with Crippen LogP contribution in [0.5, 0.6) is 0 Å². The first-order valence-corrected chi connectivity index (χ1v) is 2.63. The minimum atomic E-state index is -0.387. The van der Waals surface area contributed by atoms with E-state index in [1.165, 1.54) is 0 Å². The van der Waals surface area contributed by atoms with Gasteiger partial charge in [-0.3, -0.25) is 4.79 Å². The quantitative estimate of drug-likeness (QED) is 0.641. The van der Waals surface area contributed by atoms with Crippen molar-refractivity contribution in [2.24, 2.45) is 12.8 Å². The fourth-order valence-corrected chi connectivity index (χ4v) is 0.717. The highest BCUT2D eigenvalue weighted by molar-refractivity contribution is 5.91. The molecule has 2 N–H and O–H groups in total. The van der Waals surface area contributed by atoms with Crippen LogP contribution < -0.4 is 5.73 Å². The highest BCUT2D eigenvalue weighted by Crippen LogP contribution is 1.96. The number of carbonyl (C=O) groups is 1. The zero-order chi connectivity index (χ0) is 6.85. The van der Waals surface area contributed by atoms with E-state index in [4.69, 9.17) is 5.73 Å². The molecule has 0 saturated heterocycles. The Morgan fingerprint density at radius 2 is 2.30 bits per heavy atom. The Hall–Kier alpha value is -0.960. The molecule has 1 heterocycles. The lowest BCUT2D eigenvalue weighted by atomic mass is 10.4. The average molecular weight is 161 g/mol. The lowest BCUT2D eigenvalue weighted by molar-refractivity contribution is 0.0992.